The lowest BCUT2D eigenvalue weighted by Crippen LogP contribution is -2.14. The van der Waals surface area contributed by atoms with Gasteiger partial charge in [0.15, 0.2) is 0 Å². The van der Waals surface area contributed by atoms with Gasteiger partial charge in [-0.15, -0.1) is 0 Å². The van der Waals surface area contributed by atoms with Crippen molar-refractivity contribution in [3.05, 3.63) is 94.9 Å². The molecule has 0 spiro atoms. The molecule has 0 radical (unpaired) electrons. The Labute approximate surface area is 187 Å². The van der Waals surface area contributed by atoms with E-state index in [4.69, 9.17) is 0 Å². The van der Waals surface area contributed by atoms with Crippen molar-refractivity contribution in [1.29, 1.82) is 0 Å². The molecule has 3 rings (SSSR count). The lowest BCUT2D eigenvalue weighted by atomic mass is 10.1. The van der Waals surface area contributed by atoms with Gasteiger partial charge in [-0.2, -0.15) is 0 Å². The molecule has 3 N–H and O–H groups in total. The van der Waals surface area contributed by atoms with Crippen LogP contribution in [-0.2, 0) is 14.8 Å². The van der Waals surface area contributed by atoms with Crippen molar-refractivity contribution in [2.45, 2.75) is 13.8 Å². The van der Waals surface area contributed by atoms with Gasteiger partial charge in [-0.1, -0.05) is 36.4 Å². The largest absolute Gasteiger partial charge is 0.326 e. The molecule has 3 aromatic rings. The number of benzene rings is 3. The van der Waals surface area contributed by atoms with Crippen molar-refractivity contribution in [2.75, 3.05) is 15.4 Å². The predicted molar refractivity (Wildman–Crippen MR) is 128 cm³/mol. The van der Waals surface area contributed by atoms with Crippen molar-refractivity contribution < 1.29 is 18.0 Å². The molecule has 2 amide bonds. The van der Waals surface area contributed by atoms with Gasteiger partial charge in [-0.05, 0) is 60.5 Å². The minimum atomic E-state index is -3.70. The van der Waals surface area contributed by atoms with E-state index < -0.39 is 10.0 Å². The number of nitrogens with one attached hydrogen (secondary N) is 3. The Kier molecular flexibility index (Phi) is 7.07. The molecule has 0 saturated heterocycles. The molecule has 0 saturated carbocycles. The number of hydrogen-bond acceptors (Lipinski definition) is 4. The third-order valence-electron chi connectivity index (χ3n) is 4.45. The van der Waals surface area contributed by atoms with Crippen molar-refractivity contribution in [2.24, 2.45) is 0 Å². The summed E-state index contributed by atoms with van der Waals surface area (Å²) in [6.07, 6.45) is 1.50. The van der Waals surface area contributed by atoms with Crippen molar-refractivity contribution >= 4 is 45.0 Å². The SMILES string of the molecule is CC(=O)Nc1ccc(C)c(NC(=O)c2ccc(NS(=O)(=O)/C=C/c3ccccc3)cc2)c1. The quantitative estimate of drug-likeness (QED) is 0.490. The lowest BCUT2D eigenvalue weighted by molar-refractivity contribution is -0.114. The van der Waals surface area contributed by atoms with Gasteiger partial charge in [0.05, 0.1) is 5.41 Å². The Bertz CT molecular complexity index is 1250. The third kappa shape index (κ3) is 6.55. The van der Waals surface area contributed by atoms with E-state index >= 15 is 0 Å². The maximum Gasteiger partial charge on any atom is 0.255 e. The van der Waals surface area contributed by atoms with Gasteiger partial charge in [0.1, 0.15) is 0 Å². The van der Waals surface area contributed by atoms with Crippen LogP contribution in [0.25, 0.3) is 6.08 Å². The monoisotopic (exact) mass is 449 g/mol. The first-order valence-electron chi connectivity index (χ1n) is 9.77. The highest BCUT2D eigenvalue weighted by Crippen LogP contribution is 2.21. The molecule has 32 heavy (non-hydrogen) atoms. The van der Waals surface area contributed by atoms with Crippen LogP contribution in [0, 0.1) is 6.92 Å². The van der Waals surface area contributed by atoms with Crippen LogP contribution in [-0.4, -0.2) is 20.2 Å². The second kappa shape index (κ2) is 9.93. The summed E-state index contributed by atoms with van der Waals surface area (Å²) < 4.78 is 27.0. The minimum absolute atomic E-state index is 0.206. The molecule has 0 atom stereocenters. The van der Waals surface area contributed by atoms with Crippen molar-refractivity contribution in [3.63, 3.8) is 0 Å². The van der Waals surface area contributed by atoms with E-state index in [1.807, 2.05) is 25.1 Å². The molecule has 0 aliphatic heterocycles. The zero-order valence-corrected chi connectivity index (χ0v) is 18.4. The Morgan fingerprint density at radius 2 is 1.50 bits per heavy atom. The van der Waals surface area contributed by atoms with E-state index in [0.29, 0.717) is 22.6 Å². The first kappa shape index (κ1) is 22.8. The van der Waals surface area contributed by atoms with Gasteiger partial charge in [0.2, 0.25) is 5.91 Å². The number of sulfonamides is 1. The van der Waals surface area contributed by atoms with E-state index in [9.17, 15) is 18.0 Å². The first-order valence-corrected chi connectivity index (χ1v) is 11.3. The number of rotatable bonds is 7. The van der Waals surface area contributed by atoms with Crippen LogP contribution in [0.15, 0.2) is 78.2 Å². The van der Waals surface area contributed by atoms with Crippen LogP contribution < -0.4 is 15.4 Å². The van der Waals surface area contributed by atoms with Gasteiger partial charge in [-0.3, -0.25) is 14.3 Å². The molecule has 164 valence electrons. The molecular weight excluding hydrogens is 426 g/mol. The summed E-state index contributed by atoms with van der Waals surface area (Å²) in [4.78, 5) is 23.9. The number of hydrogen-bond donors (Lipinski definition) is 3. The Hall–Kier alpha value is -3.91. The fourth-order valence-corrected chi connectivity index (χ4v) is 3.72. The number of carbonyl (C=O) groups is 2. The average molecular weight is 450 g/mol. The molecule has 3 aromatic carbocycles. The van der Waals surface area contributed by atoms with E-state index in [-0.39, 0.29) is 11.8 Å². The molecule has 0 unspecified atom stereocenters. The molecule has 0 fully saturated rings. The van der Waals surface area contributed by atoms with Crippen LogP contribution >= 0.6 is 0 Å². The van der Waals surface area contributed by atoms with Gasteiger partial charge >= 0.3 is 0 Å². The fraction of sp³-hybridized carbons (Fsp3) is 0.0833. The van der Waals surface area contributed by atoms with Gasteiger partial charge < -0.3 is 10.6 Å². The van der Waals surface area contributed by atoms with Crippen LogP contribution in [0.4, 0.5) is 17.1 Å². The topological polar surface area (TPSA) is 104 Å². The summed E-state index contributed by atoms with van der Waals surface area (Å²) in [7, 11) is -3.70. The predicted octanol–water partition coefficient (Wildman–Crippen LogP) is 4.62. The van der Waals surface area contributed by atoms with Crippen LogP contribution in [0.5, 0.6) is 0 Å². The smallest absolute Gasteiger partial charge is 0.255 e. The summed E-state index contributed by atoms with van der Waals surface area (Å²) >= 11 is 0. The van der Waals surface area contributed by atoms with E-state index in [1.165, 1.54) is 37.3 Å². The fourth-order valence-electron chi connectivity index (χ4n) is 2.85. The second-order valence-corrected chi connectivity index (χ2v) is 8.67. The first-order chi connectivity index (χ1) is 15.2. The van der Waals surface area contributed by atoms with Crippen LogP contribution in [0.2, 0.25) is 0 Å². The molecule has 8 heteroatoms. The molecule has 0 bridgehead atoms. The second-order valence-electron chi connectivity index (χ2n) is 7.10. The van der Waals surface area contributed by atoms with Gasteiger partial charge in [-0.25, -0.2) is 8.42 Å². The summed E-state index contributed by atoms with van der Waals surface area (Å²) in [5, 5.41) is 6.57. The Morgan fingerprint density at radius 1 is 0.844 bits per heavy atom. The van der Waals surface area contributed by atoms with Gasteiger partial charge in [0.25, 0.3) is 15.9 Å². The maximum atomic E-state index is 12.6. The molecular formula is C24H23N3O4S. The minimum Gasteiger partial charge on any atom is -0.326 e. The third-order valence-corrected chi connectivity index (χ3v) is 5.47. The van der Waals surface area contributed by atoms with E-state index in [2.05, 4.69) is 15.4 Å². The normalized spacial score (nSPS) is 11.2. The number of amides is 2. The van der Waals surface area contributed by atoms with Crippen LogP contribution in [0.1, 0.15) is 28.4 Å². The number of aryl methyl sites for hydroxylation is 1. The Morgan fingerprint density at radius 3 is 2.16 bits per heavy atom. The van der Waals surface area contributed by atoms with E-state index in [1.54, 1.807) is 30.3 Å². The zero-order valence-electron chi connectivity index (χ0n) is 17.6. The summed E-state index contributed by atoms with van der Waals surface area (Å²) in [5.41, 5.74) is 3.44. The molecule has 7 nitrogen and oxygen atoms in total. The zero-order chi connectivity index (χ0) is 23.1. The summed E-state index contributed by atoms with van der Waals surface area (Å²) in [6, 6.07) is 20.4. The number of anilines is 3. The Balaban J connectivity index is 1.67. The number of carbonyl (C=O) groups excluding carboxylic acids is 2. The van der Waals surface area contributed by atoms with Crippen molar-refractivity contribution in [3.8, 4) is 0 Å². The molecule has 0 aliphatic carbocycles. The standard InChI is InChI=1S/C24H23N3O4S/c1-17-8-11-22(25-18(2)28)16-23(17)26-24(29)20-9-12-21(13-10-20)27-32(30,31)15-14-19-6-4-3-5-7-19/h3-16,27H,1-2H3,(H,25,28)(H,26,29)/b15-14+. The lowest BCUT2D eigenvalue weighted by Gasteiger charge is -2.11. The average Bonchev–Trinajstić information content (AvgIpc) is 2.75. The molecule has 0 heterocycles. The molecule has 0 aromatic heterocycles. The van der Waals surface area contributed by atoms with Gasteiger partial charge in [0, 0.05) is 29.5 Å². The highest BCUT2D eigenvalue weighted by Gasteiger charge is 2.11. The highest BCUT2D eigenvalue weighted by atomic mass is 32.2. The maximum absolute atomic E-state index is 12.6. The van der Waals surface area contributed by atoms with E-state index in [0.717, 1.165) is 16.5 Å². The summed E-state index contributed by atoms with van der Waals surface area (Å²) in [5.74, 6) is -0.561. The van der Waals surface area contributed by atoms with Crippen molar-refractivity contribution in [1.82, 2.24) is 0 Å². The summed E-state index contributed by atoms with van der Waals surface area (Å²) in [6.45, 7) is 3.25. The highest BCUT2D eigenvalue weighted by molar-refractivity contribution is 7.95. The van der Waals surface area contributed by atoms with Crippen LogP contribution in [0.3, 0.4) is 0 Å². The molecule has 0 aliphatic rings.